The first-order valence-electron chi connectivity index (χ1n) is 7.55. The Labute approximate surface area is 121 Å². The zero-order valence-corrected chi connectivity index (χ0v) is 12.8. The van der Waals surface area contributed by atoms with E-state index in [-0.39, 0.29) is 18.9 Å². The molecule has 0 aromatic heterocycles. The molecule has 0 saturated carbocycles. The molecular weight excluding hydrogens is 258 g/mol. The molecule has 1 N–H and O–H groups in total. The fourth-order valence-corrected chi connectivity index (χ4v) is 2.65. The van der Waals surface area contributed by atoms with E-state index in [0.717, 1.165) is 12.8 Å². The van der Waals surface area contributed by atoms with Crippen molar-refractivity contribution < 1.29 is 19.4 Å². The third kappa shape index (κ3) is 5.49. The Morgan fingerprint density at radius 2 is 2.15 bits per heavy atom. The van der Waals surface area contributed by atoms with Crippen LogP contribution >= 0.6 is 0 Å². The molecule has 1 fully saturated rings. The Bertz CT molecular complexity index is 330. The number of nitrogens with zero attached hydrogens (tertiary/aromatic N) is 1. The highest BCUT2D eigenvalue weighted by molar-refractivity contribution is 5.76. The van der Waals surface area contributed by atoms with Crippen molar-refractivity contribution in [3.05, 3.63) is 0 Å². The Morgan fingerprint density at radius 3 is 2.75 bits per heavy atom. The van der Waals surface area contributed by atoms with Gasteiger partial charge < -0.3 is 14.7 Å². The summed E-state index contributed by atoms with van der Waals surface area (Å²) in [5.74, 6) is 0.803. The highest BCUT2D eigenvalue weighted by Crippen LogP contribution is 2.25. The van der Waals surface area contributed by atoms with Gasteiger partial charge in [-0.25, -0.2) is 0 Å². The van der Waals surface area contributed by atoms with E-state index in [0.29, 0.717) is 31.4 Å². The Morgan fingerprint density at radius 1 is 1.45 bits per heavy atom. The lowest BCUT2D eigenvalue weighted by Gasteiger charge is -2.24. The number of carbonyl (C=O) groups excluding carboxylic acids is 2. The molecule has 1 aliphatic heterocycles. The maximum Gasteiger partial charge on any atom is 0.308 e. The van der Waals surface area contributed by atoms with Crippen LogP contribution in [0, 0.1) is 11.8 Å². The maximum atomic E-state index is 12.0. The molecule has 0 aliphatic carbocycles. The van der Waals surface area contributed by atoms with Crippen LogP contribution in [-0.2, 0) is 14.3 Å². The maximum absolute atomic E-state index is 12.0. The third-order valence-corrected chi connectivity index (χ3v) is 3.93. The van der Waals surface area contributed by atoms with Crippen molar-refractivity contribution in [3.63, 3.8) is 0 Å². The number of amides is 1. The molecule has 0 spiro atoms. The predicted octanol–water partition coefficient (Wildman–Crippen LogP) is 1.59. The van der Waals surface area contributed by atoms with Gasteiger partial charge in [-0.15, -0.1) is 0 Å². The fraction of sp³-hybridized carbons (Fsp3) is 0.867. The number of esters is 1. The second-order valence-corrected chi connectivity index (χ2v) is 5.83. The summed E-state index contributed by atoms with van der Waals surface area (Å²) in [6.07, 6.45) is 1.53. The van der Waals surface area contributed by atoms with Gasteiger partial charge in [-0.05, 0) is 31.6 Å². The van der Waals surface area contributed by atoms with Gasteiger partial charge in [0.1, 0.15) is 0 Å². The standard InChI is InChI=1S/C15H27NO4/c1-4-20-15(19)9-13(17)10-16-8-7-12(11(2)3)5-6-14(16)18/h11-13,17H,4-10H2,1-3H3. The number of hydrogen-bond acceptors (Lipinski definition) is 4. The summed E-state index contributed by atoms with van der Waals surface area (Å²) in [5, 5.41) is 9.89. The van der Waals surface area contributed by atoms with Gasteiger partial charge in [0, 0.05) is 19.5 Å². The van der Waals surface area contributed by atoms with E-state index in [1.165, 1.54) is 0 Å². The minimum Gasteiger partial charge on any atom is -0.466 e. The van der Waals surface area contributed by atoms with Crippen LogP contribution in [0.5, 0.6) is 0 Å². The molecule has 5 nitrogen and oxygen atoms in total. The molecule has 0 aromatic carbocycles. The van der Waals surface area contributed by atoms with Crippen molar-refractivity contribution in [3.8, 4) is 0 Å². The number of likely N-dealkylation sites (tertiary alicyclic amines) is 1. The van der Waals surface area contributed by atoms with E-state index in [9.17, 15) is 14.7 Å². The van der Waals surface area contributed by atoms with Crippen LogP contribution in [0.25, 0.3) is 0 Å². The van der Waals surface area contributed by atoms with E-state index in [2.05, 4.69) is 13.8 Å². The van der Waals surface area contributed by atoms with Gasteiger partial charge in [-0.1, -0.05) is 13.8 Å². The van der Waals surface area contributed by atoms with Gasteiger partial charge in [0.25, 0.3) is 0 Å². The van der Waals surface area contributed by atoms with Crippen LogP contribution in [-0.4, -0.2) is 47.7 Å². The monoisotopic (exact) mass is 285 g/mol. The molecule has 0 radical (unpaired) electrons. The van der Waals surface area contributed by atoms with E-state index in [1.807, 2.05) is 0 Å². The summed E-state index contributed by atoms with van der Waals surface area (Å²) in [6.45, 7) is 7.30. The van der Waals surface area contributed by atoms with Gasteiger partial charge in [0.2, 0.25) is 5.91 Å². The number of hydrogen-bond donors (Lipinski definition) is 1. The van der Waals surface area contributed by atoms with Crippen LogP contribution in [0.4, 0.5) is 0 Å². The van der Waals surface area contributed by atoms with E-state index >= 15 is 0 Å². The smallest absolute Gasteiger partial charge is 0.308 e. The lowest BCUT2D eigenvalue weighted by Crippen LogP contribution is -2.38. The van der Waals surface area contributed by atoms with Gasteiger partial charge in [0.05, 0.1) is 19.1 Å². The summed E-state index contributed by atoms with van der Waals surface area (Å²) < 4.78 is 4.80. The van der Waals surface area contributed by atoms with E-state index in [4.69, 9.17) is 4.74 Å². The van der Waals surface area contributed by atoms with Gasteiger partial charge in [-0.3, -0.25) is 9.59 Å². The molecule has 1 rings (SSSR count). The highest BCUT2D eigenvalue weighted by atomic mass is 16.5. The number of carbonyl (C=O) groups is 2. The minimum atomic E-state index is -0.839. The SMILES string of the molecule is CCOC(=O)CC(O)CN1CCC(C(C)C)CCC1=O. The van der Waals surface area contributed by atoms with Gasteiger partial charge >= 0.3 is 5.97 Å². The molecule has 116 valence electrons. The van der Waals surface area contributed by atoms with Crippen molar-refractivity contribution in [2.45, 2.75) is 52.6 Å². The highest BCUT2D eigenvalue weighted by Gasteiger charge is 2.26. The first-order valence-corrected chi connectivity index (χ1v) is 7.55. The molecule has 1 amide bonds. The Kier molecular flexibility index (Phi) is 6.99. The zero-order valence-electron chi connectivity index (χ0n) is 12.8. The largest absolute Gasteiger partial charge is 0.466 e. The lowest BCUT2D eigenvalue weighted by molar-refractivity contribution is -0.146. The summed E-state index contributed by atoms with van der Waals surface area (Å²) in [4.78, 5) is 25.0. The molecule has 1 saturated heterocycles. The van der Waals surface area contributed by atoms with Crippen LogP contribution < -0.4 is 0 Å². The molecule has 1 heterocycles. The predicted molar refractivity (Wildman–Crippen MR) is 76.0 cm³/mol. The average molecular weight is 285 g/mol. The average Bonchev–Trinajstić information content (AvgIpc) is 2.53. The number of aliphatic hydroxyl groups is 1. The summed E-state index contributed by atoms with van der Waals surface area (Å²) in [7, 11) is 0. The van der Waals surface area contributed by atoms with Crippen LogP contribution in [0.1, 0.15) is 46.5 Å². The first kappa shape index (κ1) is 17.0. The number of aliphatic hydroxyl groups excluding tert-OH is 1. The summed E-state index contributed by atoms with van der Waals surface area (Å²) in [6, 6.07) is 0. The van der Waals surface area contributed by atoms with E-state index < -0.39 is 12.1 Å². The fourth-order valence-electron chi connectivity index (χ4n) is 2.65. The second kappa shape index (κ2) is 8.25. The second-order valence-electron chi connectivity index (χ2n) is 5.83. The lowest BCUT2D eigenvalue weighted by atomic mass is 9.89. The number of rotatable bonds is 6. The van der Waals surface area contributed by atoms with E-state index in [1.54, 1.807) is 11.8 Å². The summed E-state index contributed by atoms with van der Waals surface area (Å²) in [5.41, 5.74) is 0. The van der Waals surface area contributed by atoms with Gasteiger partial charge in [0.15, 0.2) is 0 Å². The Hall–Kier alpha value is -1.10. The van der Waals surface area contributed by atoms with Gasteiger partial charge in [-0.2, -0.15) is 0 Å². The van der Waals surface area contributed by atoms with Crippen molar-refractivity contribution >= 4 is 11.9 Å². The third-order valence-electron chi connectivity index (χ3n) is 3.93. The molecule has 0 bridgehead atoms. The molecule has 2 unspecified atom stereocenters. The Balaban J connectivity index is 2.45. The van der Waals surface area contributed by atoms with Crippen LogP contribution in [0.2, 0.25) is 0 Å². The van der Waals surface area contributed by atoms with Crippen LogP contribution in [0.15, 0.2) is 0 Å². The summed E-state index contributed by atoms with van der Waals surface area (Å²) >= 11 is 0. The minimum absolute atomic E-state index is 0.0504. The number of β-amino-alcohol motifs (C(OH)–C–C–N with tert-alkyl or cyclic N) is 1. The molecule has 0 aromatic rings. The molecule has 2 atom stereocenters. The van der Waals surface area contributed by atoms with Crippen molar-refractivity contribution in [2.75, 3.05) is 19.7 Å². The normalized spacial score (nSPS) is 21.8. The van der Waals surface area contributed by atoms with Crippen molar-refractivity contribution in [1.82, 2.24) is 4.90 Å². The molecule has 20 heavy (non-hydrogen) atoms. The molecule has 1 aliphatic rings. The molecular formula is C15H27NO4. The number of ether oxygens (including phenoxy) is 1. The first-order chi connectivity index (χ1) is 9.43. The van der Waals surface area contributed by atoms with Crippen molar-refractivity contribution in [2.24, 2.45) is 11.8 Å². The quantitative estimate of drug-likeness (QED) is 0.753. The van der Waals surface area contributed by atoms with Crippen LogP contribution in [0.3, 0.4) is 0 Å². The zero-order chi connectivity index (χ0) is 15.1. The topological polar surface area (TPSA) is 66.8 Å². The van der Waals surface area contributed by atoms with Crippen molar-refractivity contribution in [1.29, 1.82) is 0 Å². The molecule has 5 heteroatoms.